The Morgan fingerprint density at radius 1 is 0.862 bits per heavy atom. The van der Waals surface area contributed by atoms with E-state index in [1.807, 2.05) is 43.3 Å². The Bertz CT molecular complexity index is 1020. The number of ether oxygens (including phenoxy) is 1. The van der Waals surface area contributed by atoms with Crippen molar-refractivity contribution in [1.82, 2.24) is 0 Å². The van der Waals surface area contributed by atoms with Crippen LogP contribution in [-0.2, 0) is 19.1 Å². The molecule has 4 rings (SSSR count). The van der Waals surface area contributed by atoms with Gasteiger partial charge in [-0.1, -0.05) is 37.3 Å². The molecule has 0 saturated carbocycles. The molecule has 2 aliphatic heterocycles. The van der Waals surface area contributed by atoms with Gasteiger partial charge in [-0.25, -0.2) is 4.90 Å². The summed E-state index contributed by atoms with van der Waals surface area (Å²) in [5.74, 6) is -0.671. The van der Waals surface area contributed by atoms with Gasteiger partial charge in [-0.15, -0.1) is 0 Å². The summed E-state index contributed by atoms with van der Waals surface area (Å²) in [6.45, 7) is 2.49. The average molecular weight is 388 g/mol. The molecule has 2 aromatic carbocycles. The minimum Gasteiger partial charge on any atom is -0.357 e. The van der Waals surface area contributed by atoms with Crippen molar-refractivity contribution in [3.8, 4) is 11.1 Å². The van der Waals surface area contributed by atoms with Crippen molar-refractivity contribution < 1.29 is 19.1 Å². The molecular formula is C23H20N2O4. The Morgan fingerprint density at radius 3 is 2.07 bits per heavy atom. The molecule has 29 heavy (non-hydrogen) atoms. The largest absolute Gasteiger partial charge is 0.357 e. The highest BCUT2D eigenvalue weighted by atomic mass is 16.5. The summed E-state index contributed by atoms with van der Waals surface area (Å²) in [5.41, 5.74) is 3.75. The maximum Gasteiger partial charge on any atom is 0.261 e. The number of anilines is 2. The number of hydrogen-bond donors (Lipinski definition) is 0. The highest BCUT2D eigenvalue weighted by Crippen LogP contribution is 2.28. The Kier molecular flexibility index (Phi) is 5.10. The molecule has 6 heteroatoms. The van der Waals surface area contributed by atoms with Crippen LogP contribution in [0.2, 0.25) is 0 Å². The zero-order valence-corrected chi connectivity index (χ0v) is 16.0. The lowest BCUT2D eigenvalue weighted by Crippen LogP contribution is -2.30. The van der Waals surface area contributed by atoms with Gasteiger partial charge in [0.05, 0.1) is 12.3 Å². The number of rotatable bonds is 4. The maximum absolute atomic E-state index is 12.3. The van der Waals surface area contributed by atoms with Crippen molar-refractivity contribution >= 4 is 29.1 Å². The molecular weight excluding hydrogens is 368 g/mol. The first-order valence-corrected chi connectivity index (χ1v) is 9.43. The monoisotopic (exact) mass is 388 g/mol. The van der Waals surface area contributed by atoms with Crippen LogP contribution in [0.3, 0.4) is 0 Å². The van der Waals surface area contributed by atoms with Crippen molar-refractivity contribution in [2.45, 2.75) is 13.3 Å². The van der Waals surface area contributed by atoms with Crippen molar-refractivity contribution in [1.29, 1.82) is 0 Å². The first kappa shape index (κ1) is 18.8. The lowest BCUT2D eigenvalue weighted by molar-refractivity contribution is -0.120. The second-order valence-corrected chi connectivity index (χ2v) is 6.76. The fourth-order valence-corrected chi connectivity index (χ4v) is 3.37. The molecule has 0 fully saturated rings. The van der Waals surface area contributed by atoms with Gasteiger partial charge in [0.15, 0.2) is 0 Å². The zero-order chi connectivity index (χ0) is 20.4. The van der Waals surface area contributed by atoms with Gasteiger partial charge in [-0.3, -0.25) is 19.3 Å². The van der Waals surface area contributed by atoms with Crippen molar-refractivity contribution in [2.75, 3.05) is 23.1 Å². The highest BCUT2D eigenvalue weighted by Gasteiger charge is 2.31. The van der Waals surface area contributed by atoms with Gasteiger partial charge < -0.3 is 4.74 Å². The topological polar surface area (TPSA) is 66.9 Å². The number of benzene rings is 2. The molecule has 0 N–H and O–H groups in total. The van der Waals surface area contributed by atoms with E-state index in [4.69, 9.17) is 4.74 Å². The van der Waals surface area contributed by atoms with Gasteiger partial charge >= 0.3 is 0 Å². The predicted octanol–water partition coefficient (Wildman–Crippen LogP) is 3.44. The van der Waals surface area contributed by atoms with Crippen molar-refractivity contribution in [2.24, 2.45) is 0 Å². The number of nitrogens with zero attached hydrogens (tertiary/aromatic N) is 2. The van der Waals surface area contributed by atoms with Crippen LogP contribution >= 0.6 is 0 Å². The Labute approximate surface area is 168 Å². The summed E-state index contributed by atoms with van der Waals surface area (Å²) in [7, 11) is 0. The third-order valence-corrected chi connectivity index (χ3v) is 4.98. The standard InChI is InChI=1S/C23H20N2O4/c1-2-16-14-22(27)25(23(16)28)20-11-7-18(8-12-20)17-5-9-19(10-6-17)24-15-29-13-3-4-21(24)26/h3-12,14H,2,13,15H2,1H3. The number of carbonyl (C=O) groups is 3. The number of hydrogen-bond acceptors (Lipinski definition) is 4. The molecule has 2 aliphatic rings. The average Bonchev–Trinajstić information content (AvgIpc) is 2.89. The van der Waals surface area contributed by atoms with Crippen LogP contribution in [0, 0.1) is 0 Å². The van der Waals surface area contributed by atoms with Crippen molar-refractivity contribution in [3.05, 3.63) is 72.3 Å². The molecule has 0 atom stereocenters. The van der Waals surface area contributed by atoms with E-state index in [1.54, 1.807) is 23.1 Å². The number of carbonyl (C=O) groups excluding carboxylic acids is 3. The van der Waals surface area contributed by atoms with E-state index in [0.29, 0.717) is 24.3 Å². The summed E-state index contributed by atoms with van der Waals surface area (Å²) < 4.78 is 5.40. The summed E-state index contributed by atoms with van der Waals surface area (Å²) >= 11 is 0. The normalized spacial score (nSPS) is 17.0. The highest BCUT2D eigenvalue weighted by molar-refractivity contribution is 6.30. The van der Waals surface area contributed by atoms with Gasteiger partial charge in [0, 0.05) is 23.4 Å². The fourth-order valence-electron chi connectivity index (χ4n) is 3.37. The number of amides is 3. The third-order valence-electron chi connectivity index (χ3n) is 4.98. The SMILES string of the molecule is CCC1=CC(=O)N(c2ccc(-c3ccc(N4COCC=CC4=O)cc3)cc2)C1=O. The second-order valence-electron chi connectivity index (χ2n) is 6.76. The molecule has 3 amide bonds. The molecule has 2 heterocycles. The minimum atomic E-state index is -0.303. The maximum atomic E-state index is 12.3. The Hall–Kier alpha value is -3.51. The molecule has 0 aliphatic carbocycles. The fraction of sp³-hybridized carbons (Fsp3) is 0.174. The molecule has 0 spiro atoms. The van der Waals surface area contributed by atoms with E-state index >= 15 is 0 Å². The second kappa shape index (κ2) is 7.85. The van der Waals surface area contributed by atoms with Crippen LogP contribution in [0.1, 0.15) is 13.3 Å². The van der Waals surface area contributed by atoms with Crippen LogP contribution in [0.25, 0.3) is 11.1 Å². The van der Waals surface area contributed by atoms with E-state index in [-0.39, 0.29) is 24.5 Å². The molecule has 0 bridgehead atoms. The van der Waals surface area contributed by atoms with Crippen LogP contribution in [0.15, 0.2) is 72.3 Å². The quantitative estimate of drug-likeness (QED) is 0.753. The molecule has 0 unspecified atom stereocenters. The molecule has 0 aromatic heterocycles. The lowest BCUT2D eigenvalue weighted by Gasteiger charge is -2.20. The Morgan fingerprint density at radius 2 is 1.48 bits per heavy atom. The first-order chi connectivity index (χ1) is 14.1. The Balaban J connectivity index is 1.53. The van der Waals surface area contributed by atoms with E-state index < -0.39 is 0 Å². The van der Waals surface area contributed by atoms with Crippen LogP contribution < -0.4 is 9.80 Å². The molecule has 146 valence electrons. The smallest absolute Gasteiger partial charge is 0.261 e. The molecule has 0 radical (unpaired) electrons. The summed E-state index contributed by atoms with van der Waals surface area (Å²) in [5, 5.41) is 0. The first-order valence-electron chi connectivity index (χ1n) is 9.43. The third kappa shape index (κ3) is 3.62. The summed E-state index contributed by atoms with van der Waals surface area (Å²) in [4.78, 5) is 39.4. The molecule has 0 saturated heterocycles. The number of imide groups is 1. The molecule has 2 aromatic rings. The van der Waals surface area contributed by atoms with Crippen LogP contribution in [0.5, 0.6) is 0 Å². The lowest BCUT2D eigenvalue weighted by atomic mass is 10.0. The van der Waals surface area contributed by atoms with E-state index in [1.165, 1.54) is 17.1 Å². The van der Waals surface area contributed by atoms with Gasteiger partial charge in [-0.2, -0.15) is 0 Å². The minimum absolute atomic E-state index is 0.111. The summed E-state index contributed by atoms with van der Waals surface area (Å²) in [6.07, 6.45) is 5.15. The van der Waals surface area contributed by atoms with E-state index in [0.717, 1.165) is 16.8 Å². The van der Waals surface area contributed by atoms with E-state index in [9.17, 15) is 14.4 Å². The van der Waals surface area contributed by atoms with Gasteiger partial charge in [-0.05, 0) is 41.8 Å². The molecule has 6 nitrogen and oxygen atoms in total. The predicted molar refractivity (Wildman–Crippen MR) is 110 cm³/mol. The van der Waals surface area contributed by atoms with Crippen LogP contribution in [-0.4, -0.2) is 31.1 Å². The van der Waals surface area contributed by atoms with E-state index in [2.05, 4.69) is 0 Å². The zero-order valence-electron chi connectivity index (χ0n) is 16.0. The van der Waals surface area contributed by atoms with Gasteiger partial charge in [0.2, 0.25) is 0 Å². The van der Waals surface area contributed by atoms with Gasteiger partial charge in [0.1, 0.15) is 6.73 Å². The van der Waals surface area contributed by atoms with Gasteiger partial charge in [0.25, 0.3) is 17.7 Å². The van der Waals surface area contributed by atoms with Crippen molar-refractivity contribution in [3.63, 3.8) is 0 Å². The summed E-state index contributed by atoms with van der Waals surface area (Å²) in [6, 6.07) is 14.9. The van der Waals surface area contributed by atoms with Crippen LogP contribution in [0.4, 0.5) is 11.4 Å².